The monoisotopic (exact) mass is 396 g/mol. The van der Waals surface area contributed by atoms with E-state index in [9.17, 15) is 18.8 Å². The van der Waals surface area contributed by atoms with Gasteiger partial charge in [-0.1, -0.05) is 24.3 Å². The minimum Gasteiger partial charge on any atom is -0.342 e. The molecular weight excluding hydrogens is 371 g/mol. The molecule has 1 heterocycles. The lowest BCUT2D eigenvalue weighted by Gasteiger charge is -2.32. The van der Waals surface area contributed by atoms with E-state index in [1.54, 1.807) is 23.1 Å². The summed E-state index contributed by atoms with van der Waals surface area (Å²) in [6, 6.07) is 13.6. The Hall–Kier alpha value is -3.02. The molecule has 6 heteroatoms. The zero-order chi connectivity index (χ0) is 20.8. The maximum atomic E-state index is 13.4. The molecule has 2 aromatic rings. The van der Waals surface area contributed by atoms with Crippen LogP contribution in [0.15, 0.2) is 48.5 Å². The Kier molecular flexibility index (Phi) is 6.75. The summed E-state index contributed by atoms with van der Waals surface area (Å²) in [5.41, 5.74) is 2.30. The lowest BCUT2D eigenvalue weighted by molar-refractivity contribution is -0.136. The van der Waals surface area contributed by atoms with E-state index in [1.165, 1.54) is 19.1 Å². The second-order valence-electron chi connectivity index (χ2n) is 7.46. The Labute approximate surface area is 169 Å². The van der Waals surface area contributed by atoms with Crippen LogP contribution >= 0.6 is 0 Å². The molecule has 0 radical (unpaired) electrons. The molecule has 0 bridgehead atoms. The molecule has 1 aliphatic heterocycles. The Balaban J connectivity index is 1.58. The summed E-state index contributed by atoms with van der Waals surface area (Å²) in [5.74, 6) is -0.761. The number of hydrogen-bond acceptors (Lipinski definition) is 3. The molecule has 29 heavy (non-hydrogen) atoms. The number of piperidine rings is 1. The van der Waals surface area contributed by atoms with Gasteiger partial charge >= 0.3 is 0 Å². The predicted octanol–water partition coefficient (Wildman–Crippen LogP) is 4.04. The maximum absolute atomic E-state index is 13.4. The van der Waals surface area contributed by atoms with E-state index >= 15 is 0 Å². The molecule has 1 aliphatic rings. The molecule has 2 amide bonds. The van der Waals surface area contributed by atoms with Crippen LogP contribution in [0.4, 0.5) is 10.1 Å². The van der Waals surface area contributed by atoms with E-state index in [1.807, 2.05) is 18.2 Å². The highest BCUT2D eigenvalue weighted by molar-refractivity contribution is 5.93. The number of likely N-dealkylation sites (tertiary alicyclic amines) is 1. The first kappa shape index (κ1) is 20.7. The number of Topliss-reactive ketones (excluding diaryl/α,β-unsaturated/α-hetero) is 1. The molecule has 1 saturated heterocycles. The first-order chi connectivity index (χ1) is 13.9. The zero-order valence-corrected chi connectivity index (χ0v) is 16.5. The Bertz CT molecular complexity index is 895. The van der Waals surface area contributed by atoms with Crippen LogP contribution in [0.5, 0.6) is 0 Å². The van der Waals surface area contributed by atoms with Crippen molar-refractivity contribution in [1.82, 2.24) is 4.90 Å². The smallest absolute Gasteiger partial charge is 0.229 e. The molecule has 3 rings (SSSR count). The highest BCUT2D eigenvalue weighted by Gasteiger charge is 2.28. The molecule has 1 atom stereocenters. The van der Waals surface area contributed by atoms with Crippen LogP contribution in [0.25, 0.3) is 11.1 Å². The van der Waals surface area contributed by atoms with Gasteiger partial charge < -0.3 is 15.0 Å². The second kappa shape index (κ2) is 9.45. The number of halogens is 1. The fraction of sp³-hybridized carbons (Fsp3) is 0.348. The van der Waals surface area contributed by atoms with Gasteiger partial charge in [0.1, 0.15) is 11.6 Å². The number of amides is 2. The summed E-state index contributed by atoms with van der Waals surface area (Å²) in [5, 5.41) is 2.91. The maximum Gasteiger partial charge on any atom is 0.229 e. The number of nitrogens with one attached hydrogen (secondary N) is 1. The number of benzene rings is 2. The number of hydrogen-bond donors (Lipinski definition) is 1. The Morgan fingerprint density at radius 1 is 1.07 bits per heavy atom. The van der Waals surface area contributed by atoms with Crippen molar-refractivity contribution in [3.05, 3.63) is 54.3 Å². The quantitative estimate of drug-likeness (QED) is 0.801. The summed E-state index contributed by atoms with van der Waals surface area (Å²) in [6.07, 6.45) is 1.93. The molecule has 0 aromatic heterocycles. The summed E-state index contributed by atoms with van der Waals surface area (Å²) < 4.78 is 13.4. The predicted molar refractivity (Wildman–Crippen MR) is 110 cm³/mol. The van der Waals surface area contributed by atoms with Gasteiger partial charge in [-0.2, -0.15) is 0 Å². The van der Waals surface area contributed by atoms with Crippen molar-refractivity contribution in [2.45, 2.75) is 32.6 Å². The van der Waals surface area contributed by atoms with Crippen molar-refractivity contribution in [2.24, 2.45) is 5.92 Å². The van der Waals surface area contributed by atoms with Gasteiger partial charge in [0, 0.05) is 31.6 Å². The standard InChI is InChI=1S/C23H25FN2O3/c1-16(27)7-12-22(28)26-13-3-5-19(15-26)23(29)25-21-10-8-17(9-11-21)18-4-2-6-20(24)14-18/h2,4,6,8-11,14,19H,3,5,7,12-13,15H2,1H3,(H,25,29). The van der Waals surface area contributed by atoms with Gasteiger partial charge in [0.15, 0.2) is 0 Å². The number of carbonyl (C=O) groups excluding carboxylic acids is 3. The SMILES string of the molecule is CC(=O)CCC(=O)N1CCCC(C(=O)Nc2ccc(-c3cccc(F)c3)cc2)C1. The van der Waals surface area contributed by atoms with E-state index in [0.29, 0.717) is 18.8 Å². The average molecular weight is 396 g/mol. The summed E-state index contributed by atoms with van der Waals surface area (Å²) in [6.45, 7) is 2.48. The van der Waals surface area contributed by atoms with Crippen LogP contribution in [0.2, 0.25) is 0 Å². The molecule has 1 unspecified atom stereocenters. The summed E-state index contributed by atoms with van der Waals surface area (Å²) >= 11 is 0. The minimum absolute atomic E-state index is 0.00802. The zero-order valence-electron chi connectivity index (χ0n) is 16.5. The van der Waals surface area contributed by atoms with Crippen LogP contribution in [-0.4, -0.2) is 35.6 Å². The molecule has 0 spiro atoms. The van der Waals surface area contributed by atoms with Gasteiger partial charge in [0.05, 0.1) is 5.92 Å². The summed E-state index contributed by atoms with van der Waals surface area (Å²) in [7, 11) is 0. The van der Waals surface area contributed by atoms with E-state index in [2.05, 4.69) is 5.32 Å². The average Bonchev–Trinajstić information content (AvgIpc) is 2.72. The van der Waals surface area contributed by atoms with Crippen molar-refractivity contribution in [3.63, 3.8) is 0 Å². The van der Waals surface area contributed by atoms with Crippen molar-refractivity contribution < 1.29 is 18.8 Å². The third kappa shape index (κ3) is 5.73. The lowest BCUT2D eigenvalue weighted by Crippen LogP contribution is -2.43. The fourth-order valence-electron chi connectivity index (χ4n) is 3.52. The molecule has 152 valence electrons. The molecule has 1 N–H and O–H groups in total. The van der Waals surface area contributed by atoms with Crippen LogP contribution in [0.1, 0.15) is 32.6 Å². The van der Waals surface area contributed by atoms with Gasteiger partial charge in [-0.05, 0) is 55.2 Å². The normalized spacial score (nSPS) is 16.3. The van der Waals surface area contributed by atoms with Gasteiger partial charge in [-0.15, -0.1) is 0 Å². The van der Waals surface area contributed by atoms with E-state index in [0.717, 1.165) is 24.0 Å². The van der Waals surface area contributed by atoms with E-state index < -0.39 is 0 Å². The lowest BCUT2D eigenvalue weighted by atomic mass is 9.96. The van der Waals surface area contributed by atoms with Crippen molar-refractivity contribution >= 4 is 23.3 Å². The largest absolute Gasteiger partial charge is 0.342 e. The molecule has 0 saturated carbocycles. The number of rotatable bonds is 6. The molecule has 0 aliphatic carbocycles. The topological polar surface area (TPSA) is 66.5 Å². The first-order valence-corrected chi connectivity index (χ1v) is 9.86. The van der Waals surface area contributed by atoms with Gasteiger partial charge in [0.25, 0.3) is 0 Å². The Morgan fingerprint density at radius 2 is 1.83 bits per heavy atom. The number of nitrogens with zero attached hydrogens (tertiary/aromatic N) is 1. The number of ketones is 1. The Morgan fingerprint density at radius 3 is 2.52 bits per heavy atom. The van der Waals surface area contributed by atoms with E-state index in [-0.39, 0.29) is 42.2 Å². The van der Waals surface area contributed by atoms with Crippen LogP contribution in [0, 0.1) is 11.7 Å². The highest BCUT2D eigenvalue weighted by Crippen LogP contribution is 2.24. The van der Waals surface area contributed by atoms with Crippen LogP contribution in [-0.2, 0) is 14.4 Å². The van der Waals surface area contributed by atoms with Crippen LogP contribution < -0.4 is 5.32 Å². The van der Waals surface area contributed by atoms with Crippen molar-refractivity contribution in [2.75, 3.05) is 18.4 Å². The highest BCUT2D eigenvalue weighted by atomic mass is 19.1. The van der Waals surface area contributed by atoms with Crippen LogP contribution in [0.3, 0.4) is 0 Å². The van der Waals surface area contributed by atoms with Crippen molar-refractivity contribution in [1.29, 1.82) is 0 Å². The van der Waals surface area contributed by atoms with Gasteiger partial charge in [-0.3, -0.25) is 9.59 Å². The number of anilines is 1. The number of carbonyl (C=O) groups is 3. The van der Waals surface area contributed by atoms with Gasteiger partial charge in [-0.25, -0.2) is 4.39 Å². The molecule has 5 nitrogen and oxygen atoms in total. The first-order valence-electron chi connectivity index (χ1n) is 9.86. The molecule has 2 aromatic carbocycles. The van der Waals surface area contributed by atoms with Crippen molar-refractivity contribution in [3.8, 4) is 11.1 Å². The second-order valence-corrected chi connectivity index (χ2v) is 7.46. The summed E-state index contributed by atoms with van der Waals surface area (Å²) in [4.78, 5) is 37.7. The van der Waals surface area contributed by atoms with Gasteiger partial charge in [0.2, 0.25) is 11.8 Å². The third-order valence-electron chi connectivity index (χ3n) is 5.15. The molecule has 1 fully saturated rings. The van der Waals surface area contributed by atoms with E-state index in [4.69, 9.17) is 0 Å². The fourth-order valence-corrected chi connectivity index (χ4v) is 3.52. The molecular formula is C23H25FN2O3. The third-order valence-corrected chi connectivity index (χ3v) is 5.15. The minimum atomic E-state index is -0.292.